The minimum absolute atomic E-state index is 0.279. The maximum atomic E-state index is 5.68. The molecule has 33 heavy (non-hydrogen) atoms. The summed E-state index contributed by atoms with van der Waals surface area (Å²) in [7, 11) is 5.80. The molecule has 7 heteroatoms. The third kappa shape index (κ3) is 7.30. The zero-order valence-corrected chi connectivity index (χ0v) is 21.5. The third-order valence-corrected chi connectivity index (χ3v) is 7.30. The number of methoxy groups -OCH3 is 1. The number of hydrogen-bond acceptors (Lipinski definition) is 7. The molecule has 1 heterocycles. The summed E-state index contributed by atoms with van der Waals surface area (Å²) in [4.78, 5) is 0. The van der Waals surface area contributed by atoms with E-state index in [0.717, 1.165) is 30.9 Å². The van der Waals surface area contributed by atoms with E-state index in [1.54, 1.807) is 7.11 Å². The Kier molecular flexibility index (Phi) is 10.3. The molecule has 6 N–H and O–H groups in total. The Morgan fingerprint density at radius 1 is 1.09 bits per heavy atom. The molecule has 0 amide bonds. The first kappa shape index (κ1) is 26.2. The zero-order valence-electron chi connectivity index (χ0n) is 21.5. The molecule has 0 spiro atoms. The van der Waals surface area contributed by atoms with Gasteiger partial charge in [0.25, 0.3) is 0 Å². The number of ether oxygens (including phenoxy) is 1. The molecule has 188 valence electrons. The summed E-state index contributed by atoms with van der Waals surface area (Å²) in [5, 5.41) is 22.2. The Hall–Kier alpha value is -1.38. The van der Waals surface area contributed by atoms with Crippen molar-refractivity contribution in [2.24, 2.45) is 5.92 Å². The van der Waals surface area contributed by atoms with Crippen molar-refractivity contribution >= 4 is 5.69 Å². The smallest absolute Gasteiger partial charge is 0.148 e. The van der Waals surface area contributed by atoms with Gasteiger partial charge in [0, 0.05) is 42.3 Å². The SMILES string of the molecule is CNCC(C)NCc1cc(NC2(C3CCCCCCC3)NC(C)CC(NC)N2)ccc1OC. The first-order chi connectivity index (χ1) is 16.0. The molecule has 0 aromatic heterocycles. The molecule has 3 rings (SSSR count). The predicted molar refractivity (Wildman–Crippen MR) is 139 cm³/mol. The second-order valence-corrected chi connectivity index (χ2v) is 10.1. The van der Waals surface area contributed by atoms with Crippen LogP contribution >= 0.6 is 0 Å². The molecule has 2 fully saturated rings. The van der Waals surface area contributed by atoms with Gasteiger partial charge in [-0.2, -0.15) is 0 Å². The van der Waals surface area contributed by atoms with Gasteiger partial charge in [0.2, 0.25) is 0 Å². The summed E-state index contributed by atoms with van der Waals surface area (Å²) in [6.07, 6.45) is 10.5. The Labute approximate surface area is 201 Å². The van der Waals surface area contributed by atoms with Crippen LogP contribution in [0.5, 0.6) is 5.75 Å². The normalized spacial score (nSPS) is 28.0. The van der Waals surface area contributed by atoms with Crippen molar-refractivity contribution in [3.05, 3.63) is 23.8 Å². The molecule has 1 saturated heterocycles. The van der Waals surface area contributed by atoms with Gasteiger partial charge in [-0.25, -0.2) is 0 Å². The molecule has 1 aromatic rings. The topological polar surface area (TPSA) is 81.4 Å². The molecule has 0 radical (unpaired) electrons. The van der Waals surface area contributed by atoms with Gasteiger partial charge in [0.1, 0.15) is 11.5 Å². The van der Waals surface area contributed by atoms with E-state index in [1.807, 2.05) is 7.05 Å². The summed E-state index contributed by atoms with van der Waals surface area (Å²) in [6, 6.07) is 7.30. The number of benzene rings is 1. The fourth-order valence-corrected chi connectivity index (χ4v) is 5.55. The van der Waals surface area contributed by atoms with Crippen molar-refractivity contribution < 1.29 is 4.74 Å². The van der Waals surface area contributed by atoms with Crippen LogP contribution in [0, 0.1) is 5.92 Å². The summed E-state index contributed by atoms with van der Waals surface area (Å²) in [5.41, 5.74) is 2.30. The molecule has 1 aromatic carbocycles. The van der Waals surface area contributed by atoms with E-state index in [-0.39, 0.29) is 12.0 Å². The van der Waals surface area contributed by atoms with Crippen LogP contribution in [0.4, 0.5) is 5.69 Å². The fourth-order valence-electron chi connectivity index (χ4n) is 5.55. The van der Waals surface area contributed by atoms with Crippen LogP contribution in [0.3, 0.4) is 0 Å². The quantitative estimate of drug-likeness (QED) is 0.320. The summed E-state index contributed by atoms with van der Waals surface area (Å²) in [5.74, 6) is 1.12. The van der Waals surface area contributed by atoms with Crippen LogP contribution in [0.1, 0.15) is 70.8 Å². The van der Waals surface area contributed by atoms with E-state index < -0.39 is 0 Å². The van der Waals surface area contributed by atoms with E-state index >= 15 is 0 Å². The number of anilines is 1. The first-order valence-electron chi connectivity index (χ1n) is 13.1. The highest BCUT2D eigenvalue weighted by Crippen LogP contribution is 2.34. The van der Waals surface area contributed by atoms with Crippen LogP contribution < -0.4 is 36.6 Å². The predicted octanol–water partition coefficient (Wildman–Crippen LogP) is 3.34. The minimum atomic E-state index is -0.332. The lowest BCUT2D eigenvalue weighted by Gasteiger charge is -2.51. The third-order valence-electron chi connectivity index (χ3n) is 7.30. The molecular weight excluding hydrogens is 412 g/mol. The summed E-state index contributed by atoms with van der Waals surface area (Å²) < 4.78 is 5.68. The van der Waals surface area contributed by atoms with Crippen molar-refractivity contribution in [2.75, 3.05) is 33.1 Å². The van der Waals surface area contributed by atoms with Gasteiger partial charge < -0.3 is 26.0 Å². The lowest BCUT2D eigenvalue weighted by atomic mass is 9.83. The first-order valence-corrected chi connectivity index (χ1v) is 13.1. The van der Waals surface area contributed by atoms with Gasteiger partial charge in [-0.1, -0.05) is 32.1 Å². The van der Waals surface area contributed by atoms with E-state index in [2.05, 4.69) is 71.0 Å². The highest BCUT2D eigenvalue weighted by Gasteiger charge is 2.44. The van der Waals surface area contributed by atoms with Crippen LogP contribution in [0.2, 0.25) is 0 Å². The Morgan fingerprint density at radius 3 is 2.48 bits per heavy atom. The monoisotopic (exact) mass is 460 g/mol. The van der Waals surface area contributed by atoms with E-state index in [0.29, 0.717) is 18.0 Å². The maximum absolute atomic E-state index is 5.68. The molecule has 4 unspecified atom stereocenters. The molecule has 7 nitrogen and oxygen atoms in total. The van der Waals surface area contributed by atoms with Crippen molar-refractivity contribution in [3.8, 4) is 5.75 Å². The second-order valence-electron chi connectivity index (χ2n) is 10.1. The molecule has 1 aliphatic carbocycles. The van der Waals surface area contributed by atoms with Crippen molar-refractivity contribution in [1.82, 2.24) is 26.6 Å². The van der Waals surface area contributed by atoms with Crippen molar-refractivity contribution in [3.63, 3.8) is 0 Å². The highest BCUT2D eigenvalue weighted by atomic mass is 16.5. The highest BCUT2D eigenvalue weighted by molar-refractivity contribution is 5.53. The number of nitrogens with one attached hydrogen (secondary N) is 6. The van der Waals surface area contributed by atoms with Crippen molar-refractivity contribution in [1.29, 1.82) is 0 Å². The van der Waals surface area contributed by atoms with Crippen LogP contribution in [0.25, 0.3) is 0 Å². The molecule has 4 atom stereocenters. The number of rotatable bonds is 10. The fraction of sp³-hybridized carbons (Fsp3) is 0.769. The lowest BCUT2D eigenvalue weighted by molar-refractivity contribution is 0.0808. The summed E-state index contributed by atoms with van der Waals surface area (Å²) in [6.45, 7) is 6.21. The van der Waals surface area contributed by atoms with Crippen molar-refractivity contribution in [2.45, 2.75) is 95.8 Å². The van der Waals surface area contributed by atoms with Crippen LogP contribution in [-0.4, -0.2) is 51.8 Å². The van der Waals surface area contributed by atoms with E-state index in [4.69, 9.17) is 4.74 Å². The van der Waals surface area contributed by atoms with E-state index in [9.17, 15) is 0 Å². The van der Waals surface area contributed by atoms with Gasteiger partial charge in [-0.05, 0) is 65.4 Å². The summed E-state index contributed by atoms with van der Waals surface area (Å²) >= 11 is 0. The Bertz CT molecular complexity index is 708. The zero-order chi connectivity index (χ0) is 23.7. The molecule has 1 saturated carbocycles. The van der Waals surface area contributed by atoms with Gasteiger partial charge >= 0.3 is 0 Å². The average Bonchev–Trinajstić information content (AvgIpc) is 2.77. The van der Waals surface area contributed by atoms with Gasteiger partial charge in [-0.15, -0.1) is 0 Å². The largest absolute Gasteiger partial charge is 0.496 e. The minimum Gasteiger partial charge on any atom is -0.496 e. The van der Waals surface area contributed by atoms with Crippen LogP contribution in [-0.2, 0) is 6.54 Å². The lowest BCUT2D eigenvalue weighted by Crippen LogP contribution is -2.76. The standard InChI is InChI=1S/C26H48N6O/c1-19-15-25(28-4)32-26(30-19,22-11-9-7-6-8-10-12-22)31-23-13-14-24(33-5)21(16-23)18-29-20(2)17-27-3/h13-14,16,19-20,22,25,27-32H,6-12,15,17-18H2,1-5H3. The number of hydrogen-bond donors (Lipinski definition) is 6. The Balaban J connectivity index is 1.86. The number of likely N-dealkylation sites (N-methyl/N-ethyl adjacent to an activating group) is 1. The van der Waals surface area contributed by atoms with Gasteiger partial charge in [0.05, 0.1) is 13.3 Å². The maximum Gasteiger partial charge on any atom is 0.148 e. The Morgan fingerprint density at radius 2 is 1.82 bits per heavy atom. The molecule has 0 bridgehead atoms. The van der Waals surface area contributed by atoms with Gasteiger partial charge in [-0.3, -0.25) is 10.6 Å². The molecule has 1 aliphatic heterocycles. The van der Waals surface area contributed by atoms with E-state index in [1.165, 1.54) is 50.5 Å². The van der Waals surface area contributed by atoms with Crippen LogP contribution in [0.15, 0.2) is 18.2 Å². The second kappa shape index (κ2) is 12.9. The van der Waals surface area contributed by atoms with Gasteiger partial charge in [0.15, 0.2) is 0 Å². The molecular formula is C26H48N6O. The average molecular weight is 461 g/mol. The molecule has 2 aliphatic rings.